The van der Waals surface area contributed by atoms with Crippen LogP contribution in [0.5, 0.6) is 5.75 Å². The molecule has 0 heterocycles. The highest BCUT2D eigenvalue weighted by atomic mass is 19.1. The van der Waals surface area contributed by atoms with Crippen LogP contribution in [0.3, 0.4) is 0 Å². The van der Waals surface area contributed by atoms with Gasteiger partial charge in [0.2, 0.25) is 0 Å². The highest BCUT2D eigenvalue weighted by Crippen LogP contribution is 2.21. The van der Waals surface area contributed by atoms with Crippen LogP contribution in [0, 0.1) is 5.82 Å². The molecule has 0 spiro atoms. The summed E-state index contributed by atoms with van der Waals surface area (Å²) in [5, 5.41) is 10.2. The van der Waals surface area contributed by atoms with E-state index >= 15 is 0 Å². The predicted molar refractivity (Wildman–Crippen MR) is 119 cm³/mol. The lowest BCUT2D eigenvalue weighted by atomic mass is 10.0. The van der Waals surface area contributed by atoms with Crippen molar-refractivity contribution in [3.05, 3.63) is 114 Å². The predicted octanol–water partition coefficient (Wildman–Crippen LogP) is 5.00. The molecule has 0 saturated carbocycles. The summed E-state index contributed by atoms with van der Waals surface area (Å²) in [5.74, 6) is 0.125. The van der Waals surface area contributed by atoms with Crippen LogP contribution in [0.2, 0.25) is 0 Å². The Bertz CT molecular complexity index is 873. The first-order valence-corrected chi connectivity index (χ1v) is 10.1. The van der Waals surface area contributed by atoms with Crippen LogP contribution in [-0.2, 0) is 19.5 Å². The number of halogens is 1. The molecule has 1 N–H and O–H groups in total. The zero-order valence-corrected chi connectivity index (χ0v) is 17.1. The van der Waals surface area contributed by atoms with Crippen LogP contribution in [0.15, 0.2) is 91.5 Å². The van der Waals surface area contributed by atoms with Crippen molar-refractivity contribution < 1.29 is 14.2 Å². The molecule has 3 aromatic rings. The van der Waals surface area contributed by atoms with Gasteiger partial charge < -0.3 is 9.84 Å². The molecule has 4 heteroatoms. The third-order valence-corrected chi connectivity index (χ3v) is 4.95. The van der Waals surface area contributed by atoms with Crippen molar-refractivity contribution in [2.75, 3.05) is 13.2 Å². The minimum atomic E-state index is -0.346. The number of aliphatic hydroxyl groups is 1. The Kier molecular flexibility index (Phi) is 8.19. The number of benzene rings is 3. The minimum Gasteiger partial charge on any atom is -0.489 e. The maximum atomic E-state index is 14.1. The Balaban J connectivity index is 1.82. The highest BCUT2D eigenvalue weighted by molar-refractivity contribution is 5.30. The average molecular weight is 406 g/mol. The summed E-state index contributed by atoms with van der Waals surface area (Å²) in [6, 6.07) is 24.9. The molecule has 0 aromatic heterocycles. The van der Waals surface area contributed by atoms with Gasteiger partial charge in [0.15, 0.2) is 0 Å². The lowest BCUT2D eigenvalue weighted by Crippen LogP contribution is -2.38. The summed E-state index contributed by atoms with van der Waals surface area (Å²) in [5.41, 5.74) is 3.13. The molecule has 3 rings (SSSR count). The first-order chi connectivity index (χ1) is 14.7. The molecule has 0 bridgehead atoms. The van der Waals surface area contributed by atoms with Crippen molar-refractivity contribution in [3.8, 4) is 5.75 Å². The van der Waals surface area contributed by atoms with E-state index in [9.17, 15) is 9.50 Å². The molecule has 0 aliphatic carbocycles. The topological polar surface area (TPSA) is 32.7 Å². The van der Waals surface area contributed by atoms with Crippen molar-refractivity contribution in [2.24, 2.45) is 0 Å². The van der Waals surface area contributed by atoms with E-state index in [0.717, 1.165) is 5.56 Å². The fourth-order valence-electron chi connectivity index (χ4n) is 3.51. The zero-order valence-electron chi connectivity index (χ0n) is 17.1. The molecule has 0 fully saturated rings. The summed E-state index contributed by atoms with van der Waals surface area (Å²) in [6.07, 6.45) is 2.14. The van der Waals surface area contributed by atoms with Gasteiger partial charge >= 0.3 is 0 Å². The van der Waals surface area contributed by atoms with Crippen molar-refractivity contribution in [2.45, 2.75) is 25.6 Å². The summed E-state index contributed by atoms with van der Waals surface area (Å²) >= 11 is 0. The Hall–Kier alpha value is -2.95. The van der Waals surface area contributed by atoms with Crippen LogP contribution in [-0.4, -0.2) is 29.3 Å². The lowest BCUT2D eigenvalue weighted by molar-refractivity contribution is 0.109. The number of nitrogens with zero attached hydrogens (tertiary/aromatic N) is 1. The second kappa shape index (κ2) is 11.3. The van der Waals surface area contributed by atoms with Gasteiger partial charge in [-0.3, -0.25) is 4.90 Å². The number of ether oxygens (including phenoxy) is 1. The minimum absolute atomic E-state index is 0.0287. The summed E-state index contributed by atoms with van der Waals surface area (Å²) in [6.45, 7) is 5.30. The number of hydrogen-bond donors (Lipinski definition) is 1. The van der Waals surface area contributed by atoms with Gasteiger partial charge in [-0.05, 0) is 35.2 Å². The molecule has 156 valence electrons. The third-order valence-electron chi connectivity index (χ3n) is 4.95. The first-order valence-electron chi connectivity index (χ1n) is 10.1. The van der Waals surface area contributed by atoms with Gasteiger partial charge in [0, 0.05) is 25.2 Å². The molecule has 3 nitrogen and oxygen atoms in total. The molecule has 1 atom stereocenters. The molecular weight excluding hydrogens is 377 g/mol. The lowest BCUT2D eigenvalue weighted by Gasteiger charge is -2.31. The molecule has 0 radical (unpaired) electrons. The second-order valence-corrected chi connectivity index (χ2v) is 7.31. The Morgan fingerprint density at radius 3 is 2.03 bits per heavy atom. The molecule has 0 saturated heterocycles. The molecule has 0 aliphatic heterocycles. The maximum Gasteiger partial charge on any atom is 0.127 e. The van der Waals surface area contributed by atoms with Crippen molar-refractivity contribution >= 4 is 0 Å². The average Bonchev–Trinajstić information content (AvgIpc) is 2.77. The number of hydrogen-bond acceptors (Lipinski definition) is 3. The molecule has 0 unspecified atom stereocenters. The monoisotopic (exact) mass is 405 g/mol. The van der Waals surface area contributed by atoms with E-state index in [1.807, 2.05) is 42.5 Å². The van der Waals surface area contributed by atoms with Gasteiger partial charge in [-0.2, -0.15) is 0 Å². The van der Waals surface area contributed by atoms with Crippen LogP contribution in [0.25, 0.3) is 0 Å². The van der Waals surface area contributed by atoms with Gasteiger partial charge in [-0.15, -0.1) is 0 Å². The summed E-state index contributed by atoms with van der Waals surface area (Å²) in [4.78, 5) is 2.24. The standard InChI is InChI=1S/C26H28FNO2/c1-2-13-30-26-16-23(14-24(27)17-26)15-25(20-29)28(18-21-9-5-3-6-10-21)19-22-11-7-4-8-12-22/h2-12,14,16-17,25,29H,1,13,15,18-20H2/t25-/m1/s1. The van der Waals surface area contributed by atoms with E-state index in [1.54, 1.807) is 6.08 Å². The summed E-state index contributed by atoms with van der Waals surface area (Å²) < 4.78 is 19.6. The van der Waals surface area contributed by atoms with Crippen molar-refractivity contribution in [1.29, 1.82) is 0 Å². The largest absolute Gasteiger partial charge is 0.489 e. The number of aliphatic hydroxyl groups excluding tert-OH is 1. The van der Waals surface area contributed by atoms with Crippen molar-refractivity contribution in [3.63, 3.8) is 0 Å². The zero-order chi connectivity index (χ0) is 21.2. The SMILES string of the molecule is C=CCOc1cc(F)cc(C[C@H](CO)N(Cc2ccccc2)Cc2ccccc2)c1. The molecule has 0 aliphatic rings. The van der Waals surface area contributed by atoms with E-state index in [2.05, 4.69) is 35.7 Å². The van der Waals surface area contributed by atoms with E-state index in [4.69, 9.17) is 4.74 Å². The van der Waals surface area contributed by atoms with Crippen LogP contribution in [0.1, 0.15) is 16.7 Å². The van der Waals surface area contributed by atoms with E-state index in [-0.39, 0.29) is 18.5 Å². The quantitative estimate of drug-likeness (QED) is 0.456. The van der Waals surface area contributed by atoms with Crippen LogP contribution < -0.4 is 4.74 Å². The smallest absolute Gasteiger partial charge is 0.127 e. The summed E-state index contributed by atoms with van der Waals surface area (Å²) in [7, 11) is 0. The van der Waals surface area contributed by atoms with Gasteiger partial charge in [-0.1, -0.05) is 73.3 Å². The highest BCUT2D eigenvalue weighted by Gasteiger charge is 2.20. The second-order valence-electron chi connectivity index (χ2n) is 7.31. The molecular formula is C26H28FNO2. The Morgan fingerprint density at radius 1 is 0.900 bits per heavy atom. The van der Waals surface area contributed by atoms with E-state index < -0.39 is 0 Å². The van der Waals surface area contributed by atoms with Gasteiger partial charge in [-0.25, -0.2) is 4.39 Å². The third kappa shape index (κ3) is 6.55. The molecule has 0 amide bonds. The fraction of sp³-hybridized carbons (Fsp3) is 0.231. The van der Waals surface area contributed by atoms with Crippen LogP contribution >= 0.6 is 0 Å². The van der Waals surface area contributed by atoms with Gasteiger partial charge in [0.1, 0.15) is 18.2 Å². The maximum absolute atomic E-state index is 14.1. The van der Waals surface area contributed by atoms with Crippen molar-refractivity contribution in [1.82, 2.24) is 4.90 Å². The molecule has 30 heavy (non-hydrogen) atoms. The molecule has 3 aromatic carbocycles. The first kappa shape index (κ1) is 21.8. The van der Waals surface area contributed by atoms with Crippen LogP contribution in [0.4, 0.5) is 4.39 Å². The Morgan fingerprint density at radius 2 is 1.50 bits per heavy atom. The van der Waals surface area contributed by atoms with E-state index in [0.29, 0.717) is 31.9 Å². The number of rotatable bonds is 11. The van der Waals surface area contributed by atoms with E-state index in [1.165, 1.54) is 23.3 Å². The van der Waals surface area contributed by atoms with Gasteiger partial charge in [0.05, 0.1) is 6.61 Å². The fourth-order valence-corrected chi connectivity index (χ4v) is 3.51. The normalized spacial score (nSPS) is 12.0. The van der Waals surface area contributed by atoms with Gasteiger partial charge in [0.25, 0.3) is 0 Å². The Labute approximate surface area is 178 Å².